The largest absolute Gasteiger partial charge is 0.456 e. The molecule has 354 valence electrons. The Morgan fingerprint density at radius 2 is 0.737 bits per heavy atom. The molecule has 5 heterocycles. The third kappa shape index (κ3) is 6.59. The number of benzene rings is 11. The number of hydrogen-bond acceptors (Lipinski definition) is 6. The van der Waals surface area contributed by atoms with Crippen LogP contribution in [-0.2, 0) is 0 Å². The molecule has 7 heteroatoms. The number of hydrogen-bond donors (Lipinski definition) is 0. The summed E-state index contributed by atoms with van der Waals surface area (Å²) in [6.45, 7) is 0. The van der Waals surface area contributed by atoms with Crippen LogP contribution < -0.4 is 0 Å². The van der Waals surface area contributed by atoms with Gasteiger partial charge in [-0.05, 0) is 118 Å². The second kappa shape index (κ2) is 16.6. The second-order valence-corrected chi connectivity index (χ2v) is 19.4. The van der Waals surface area contributed by atoms with Gasteiger partial charge in [-0.15, -0.1) is 0 Å². The summed E-state index contributed by atoms with van der Waals surface area (Å²) in [5.74, 6) is 1.65. The minimum absolute atomic E-state index is 0.540. The number of aromatic nitrogens is 4. The van der Waals surface area contributed by atoms with Gasteiger partial charge in [0.15, 0.2) is 17.5 Å². The first-order valence-electron chi connectivity index (χ1n) is 25.5. The maximum absolute atomic E-state index is 6.72. The van der Waals surface area contributed by atoms with Gasteiger partial charge in [-0.1, -0.05) is 158 Å². The molecule has 0 aliphatic rings. The van der Waals surface area contributed by atoms with Crippen molar-refractivity contribution >= 4 is 87.6 Å². The van der Waals surface area contributed by atoms with Crippen LogP contribution in [0, 0.1) is 0 Å². The Kier molecular flexibility index (Phi) is 9.20. The average molecular weight is 973 g/mol. The van der Waals surface area contributed by atoms with Gasteiger partial charge >= 0.3 is 0 Å². The van der Waals surface area contributed by atoms with Crippen LogP contribution in [-0.4, -0.2) is 19.5 Å². The van der Waals surface area contributed by atoms with Crippen molar-refractivity contribution in [3.05, 3.63) is 243 Å². The topological polar surface area (TPSA) is 83.0 Å². The van der Waals surface area contributed by atoms with E-state index < -0.39 is 0 Å². The van der Waals surface area contributed by atoms with E-state index in [1.165, 1.54) is 21.8 Å². The summed E-state index contributed by atoms with van der Waals surface area (Å²) in [7, 11) is 0. The summed E-state index contributed by atoms with van der Waals surface area (Å²) in [6, 6.07) is 84.4. The Labute approximate surface area is 434 Å². The fourth-order valence-electron chi connectivity index (χ4n) is 11.6. The molecule has 11 aromatic carbocycles. The van der Waals surface area contributed by atoms with Crippen LogP contribution in [0.4, 0.5) is 0 Å². The van der Waals surface area contributed by atoms with Crippen LogP contribution in [0.25, 0.3) is 161 Å². The van der Waals surface area contributed by atoms with E-state index in [-0.39, 0.29) is 0 Å². The first-order chi connectivity index (χ1) is 37.6. The Balaban J connectivity index is 0.810. The lowest BCUT2D eigenvalue weighted by molar-refractivity contribution is 0.668. The van der Waals surface area contributed by atoms with Crippen LogP contribution >= 0.6 is 0 Å². The highest BCUT2D eigenvalue weighted by Gasteiger charge is 2.22. The zero-order valence-corrected chi connectivity index (χ0v) is 40.6. The quantitative estimate of drug-likeness (QED) is 0.158. The van der Waals surface area contributed by atoms with Gasteiger partial charge in [-0.25, -0.2) is 15.0 Å². The van der Waals surface area contributed by atoms with Crippen LogP contribution in [0.3, 0.4) is 0 Å². The first-order valence-corrected chi connectivity index (χ1v) is 25.5. The monoisotopic (exact) mass is 972 g/mol. The number of furan rings is 3. The molecule has 16 aromatic rings. The molecule has 0 saturated carbocycles. The number of rotatable bonds is 7. The van der Waals surface area contributed by atoms with Gasteiger partial charge in [0.25, 0.3) is 0 Å². The second-order valence-electron chi connectivity index (χ2n) is 19.4. The van der Waals surface area contributed by atoms with Crippen LogP contribution in [0.1, 0.15) is 0 Å². The summed E-state index contributed by atoms with van der Waals surface area (Å²) in [5.41, 5.74) is 17.4. The van der Waals surface area contributed by atoms with Gasteiger partial charge in [-0.3, -0.25) is 0 Å². The SMILES string of the molecule is c1ccc(-c2nc(-c3ccc4c(c3)oc3cccc(-c5ccccc5)c34)nc(-c3cccc4oc5ccc(-c6cccc7oc8cc(-c9ccc%10c(c9)c9ccccc9n%10-c9ccccc9)ccc8c67)cc5c34)n2)cc1. The van der Waals surface area contributed by atoms with Crippen molar-refractivity contribution in [1.82, 2.24) is 19.5 Å². The molecule has 76 heavy (non-hydrogen) atoms. The fraction of sp³-hybridized carbons (Fsp3) is 0. The molecular weight excluding hydrogens is 933 g/mol. The smallest absolute Gasteiger partial charge is 0.164 e. The molecule has 0 unspecified atom stereocenters. The molecule has 0 bridgehead atoms. The third-order valence-electron chi connectivity index (χ3n) is 15.1. The van der Waals surface area contributed by atoms with Crippen molar-refractivity contribution in [3.63, 3.8) is 0 Å². The number of nitrogens with zero attached hydrogens (tertiary/aromatic N) is 4. The molecule has 0 amide bonds. The van der Waals surface area contributed by atoms with E-state index in [0.29, 0.717) is 17.5 Å². The number of fused-ring (bicyclic) bond motifs is 12. The molecule has 0 spiro atoms. The fourth-order valence-corrected chi connectivity index (χ4v) is 11.6. The normalized spacial score (nSPS) is 11.9. The zero-order valence-electron chi connectivity index (χ0n) is 40.6. The molecule has 16 rings (SSSR count). The molecule has 0 fully saturated rings. The van der Waals surface area contributed by atoms with E-state index in [1.54, 1.807) is 0 Å². The van der Waals surface area contributed by atoms with Crippen molar-refractivity contribution in [1.29, 1.82) is 0 Å². The lowest BCUT2D eigenvalue weighted by Crippen LogP contribution is -2.00. The van der Waals surface area contributed by atoms with Crippen molar-refractivity contribution in [2.24, 2.45) is 0 Å². The summed E-state index contributed by atoms with van der Waals surface area (Å²) < 4.78 is 22.3. The molecule has 7 nitrogen and oxygen atoms in total. The lowest BCUT2D eigenvalue weighted by atomic mass is 9.96. The predicted molar refractivity (Wildman–Crippen MR) is 309 cm³/mol. The Hall–Kier alpha value is -10.4. The van der Waals surface area contributed by atoms with Crippen LogP contribution in [0.5, 0.6) is 0 Å². The highest BCUT2D eigenvalue weighted by molar-refractivity contribution is 6.17. The summed E-state index contributed by atoms with van der Waals surface area (Å²) in [4.78, 5) is 15.6. The minimum Gasteiger partial charge on any atom is -0.456 e. The highest BCUT2D eigenvalue weighted by atomic mass is 16.3. The van der Waals surface area contributed by atoms with E-state index in [0.717, 1.165) is 122 Å². The van der Waals surface area contributed by atoms with Gasteiger partial charge in [0, 0.05) is 65.5 Å². The molecule has 0 aliphatic carbocycles. The number of para-hydroxylation sites is 2. The van der Waals surface area contributed by atoms with E-state index in [9.17, 15) is 0 Å². The molecule has 0 saturated heterocycles. The van der Waals surface area contributed by atoms with E-state index in [1.807, 2.05) is 66.7 Å². The molecule has 0 radical (unpaired) electrons. The molecule has 0 N–H and O–H groups in total. The van der Waals surface area contributed by atoms with Crippen molar-refractivity contribution in [2.75, 3.05) is 0 Å². The third-order valence-corrected chi connectivity index (χ3v) is 15.1. The van der Waals surface area contributed by atoms with Crippen molar-refractivity contribution < 1.29 is 13.3 Å². The standard InChI is InChI=1S/C69H40N4O3/c1-4-15-41(16-5-1)48-22-12-26-59-64(48)52-34-30-46(40-63(52)76-59)68-70-67(42-17-6-2-7-18-42)71-69(72-68)53-24-14-28-61-66(53)55-38-45(32-36-58(55)74-61)49-23-13-27-60-65(49)51-33-29-44(39-62(51)75-60)43-31-35-57-54(37-43)50-21-10-11-25-56(50)73(57)47-19-8-3-9-20-47/h1-40H. The predicted octanol–water partition coefficient (Wildman–Crippen LogP) is 18.7. The molecule has 0 atom stereocenters. The van der Waals surface area contributed by atoms with Crippen LogP contribution in [0.2, 0.25) is 0 Å². The van der Waals surface area contributed by atoms with Gasteiger partial charge in [0.1, 0.15) is 33.5 Å². The average Bonchev–Trinajstić information content (AvgIpc) is 4.28. The highest BCUT2D eigenvalue weighted by Crippen LogP contribution is 2.44. The van der Waals surface area contributed by atoms with E-state index in [2.05, 4.69) is 180 Å². The lowest BCUT2D eigenvalue weighted by Gasteiger charge is -2.09. The Bertz CT molecular complexity index is 4990. The van der Waals surface area contributed by atoms with Gasteiger partial charge in [0.05, 0.1) is 11.0 Å². The summed E-state index contributed by atoms with van der Waals surface area (Å²) >= 11 is 0. The molecule has 5 aromatic heterocycles. The summed E-state index contributed by atoms with van der Waals surface area (Å²) in [6.07, 6.45) is 0. The van der Waals surface area contributed by atoms with Gasteiger partial charge < -0.3 is 17.8 Å². The van der Waals surface area contributed by atoms with Gasteiger partial charge in [0.2, 0.25) is 0 Å². The maximum atomic E-state index is 6.72. The van der Waals surface area contributed by atoms with Crippen molar-refractivity contribution in [2.45, 2.75) is 0 Å². The van der Waals surface area contributed by atoms with E-state index >= 15 is 0 Å². The molecule has 0 aliphatic heterocycles. The van der Waals surface area contributed by atoms with E-state index in [4.69, 9.17) is 28.2 Å². The maximum Gasteiger partial charge on any atom is 0.164 e. The Morgan fingerprint density at radius 3 is 1.45 bits per heavy atom. The van der Waals surface area contributed by atoms with Crippen LogP contribution in [0.15, 0.2) is 256 Å². The first kappa shape index (κ1) is 42.2. The van der Waals surface area contributed by atoms with Gasteiger partial charge in [-0.2, -0.15) is 0 Å². The Morgan fingerprint density at radius 1 is 0.250 bits per heavy atom. The molecular formula is C69H40N4O3. The minimum atomic E-state index is 0.540. The van der Waals surface area contributed by atoms with Crippen molar-refractivity contribution in [3.8, 4) is 73.2 Å². The summed E-state index contributed by atoms with van der Waals surface area (Å²) in [5, 5.41) is 8.54. The zero-order chi connectivity index (χ0) is 49.8.